The normalized spacial score (nSPS) is 13.2. The minimum absolute atomic E-state index is 0.0263. The first-order valence-corrected chi connectivity index (χ1v) is 7.96. The van der Waals surface area contributed by atoms with Crippen LogP contribution in [-0.2, 0) is 4.79 Å². The summed E-state index contributed by atoms with van der Waals surface area (Å²) in [6.45, 7) is 1.53. The van der Waals surface area contributed by atoms with Gasteiger partial charge in [-0.25, -0.2) is 4.39 Å². The Morgan fingerprint density at radius 1 is 1.25 bits per heavy atom. The van der Waals surface area contributed by atoms with E-state index in [0.29, 0.717) is 16.3 Å². The molecule has 24 heavy (non-hydrogen) atoms. The van der Waals surface area contributed by atoms with E-state index >= 15 is 0 Å². The fraction of sp³-hybridized carbons (Fsp3) is 0.235. The summed E-state index contributed by atoms with van der Waals surface area (Å²) in [6.07, 6.45) is -1.78. The van der Waals surface area contributed by atoms with Gasteiger partial charge in [0.15, 0.2) is 6.10 Å². The summed E-state index contributed by atoms with van der Waals surface area (Å²) < 4.78 is 18.3. The number of nitrogens with one attached hydrogen (secondary N) is 1. The largest absolute Gasteiger partial charge is 0.479 e. The molecule has 0 spiro atoms. The molecule has 0 radical (unpaired) electrons. The van der Waals surface area contributed by atoms with Crippen LogP contribution < -0.4 is 10.1 Å². The van der Waals surface area contributed by atoms with Crippen molar-refractivity contribution in [1.29, 1.82) is 0 Å². The fourth-order valence-electron chi connectivity index (χ4n) is 1.96. The van der Waals surface area contributed by atoms with Crippen molar-refractivity contribution in [3.63, 3.8) is 0 Å². The van der Waals surface area contributed by atoms with Crippen LogP contribution in [0, 0.1) is 5.82 Å². The van der Waals surface area contributed by atoms with E-state index < -0.39 is 23.9 Å². The molecule has 0 bridgehead atoms. The number of aliphatic hydroxyl groups is 1. The van der Waals surface area contributed by atoms with Gasteiger partial charge in [0.05, 0.1) is 11.1 Å². The van der Waals surface area contributed by atoms with Crippen LogP contribution in [0.5, 0.6) is 5.75 Å². The summed E-state index contributed by atoms with van der Waals surface area (Å²) in [5, 5.41) is 13.1. The average Bonchev–Trinajstić information content (AvgIpc) is 2.57. The van der Waals surface area contributed by atoms with E-state index in [-0.39, 0.29) is 11.6 Å². The van der Waals surface area contributed by atoms with Crippen molar-refractivity contribution in [2.75, 3.05) is 6.54 Å². The van der Waals surface area contributed by atoms with E-state index in [1.54, 1.807) is 25.1 Å². The van der Waals surface area contributed by atoms with Gasteiger partial charge in [-0.1, -0.05) is 41.4 Å². The van der Waals surface area contributed by atoms with Crippen molar-refractivity contribution in [1.82, 2.24) is 5.32 Å². The predicted octanol–water partition coefficient (Wildman–Crippen LogP) is 3.75. The molecule has 2 N–H and O–H groups in total. The van der Waals surface area contributed by atoms with Crippen LogP contribution in [0.2, 0.25) is 10.0 Å². The van der Waals surface area contributed by atoms with Gasteiger partial charge in [0.1, 0.15) is 16.6 Å². The average molecular weight is 372 g/mol. The molecule has 2 aromatic rings. The molecule has 0 saturated carbocycles. The van der Waals surface area contributed by atoms with Crippen molar-refractivity contribution < 1.29 is 19.0 Å². The highest BCUT2D eigenvalue weighted by atomic mass is 35.5. The summed E-state index contributed by atoms with van der Waals surface area (Å²) in [4.78, 5) is 12.1. The highest BCUT2D eigenvalue weighted by molar-refractivity contribution is 6.42. The quantitative estimate of drug-likeness (QED) is 0.812. The Kier molecular flexibility index (Phi) is 6.43. The van der Waals surface area contributed by atoms with E-state index in [0.717, 1.165) is 0 Å². The summed E-state index contributed by atoms with van der Waals surface area (Å²) >= 11 is 11.9. The van der Waals surface area contributed by atoms with Crippen molar-refractivity contribution >= 4 is 29.1 Å². The monoisotopic (exact) mass is 371 g/mol. The molecule has 2 aromatic carbocycles. The number of ether oxygens (including phenoxy) is 1. The Bertz CT molecular complexity index is 709. The lowest BCUT2D eigenvalue weighted by molar-refractivity contribution is -0.127. The Hall–Kier alpha value is -1.82. The highest BCUT2D eigenvalue weighted by Crippen LogP contribution is 2.32. The molecule has 0 aliphatic carbocycles. The summed E-state index contributed by atoms with van der Waals surface area (Å²) in [6, 6.07) is 10.3. The van der Waals surface area contributed by atoms with Gasteiger partial charge in [0, 0.05) is 6.54 Å². The van der Waals surface area contributed by atoms with Crippen molar-refractivity contribution in [2.24, 2.45) is 0 Å². The highest BCUT2D eigenvalue weighted by Gasteiger charge is 2.18. The van der Waals surface area contributed by atoms with Gasteiger partial charge in [-0.05, 0) is 36.8 Å². The number of aliphatic hydroxyl groups excluding tert-OH is 1. The van der Waals surface area contributed by atoms with E-state index in [4.69, 9.17) is 27.9 Å². The molecule has 2 rings (SSSR count). The number of amides is 1. The lowest BCUT2D eigenvalue weighted by atomic mass is 10.1. The molecule has 0 aromatic heterocycles. The van der Waals surface area contributed by atoms with Crippen LogP contribution in [0.25, 0.3) is 0 Å². The SMILES string of the molecule is CC(Oc1cccc(Cl)c1Cl)C(=O)NCC(O)c1ccc(F)cc1. The zero-order valence-electron chi connectivity index (χ0n) is 12.8. The lowest BCUT2D eigenvalue weighted by Crippen LogP contribution is -2.38. The number of rotatable bonds is 6. The van der Waals surface area contributed by atoms with E-state index in [9.17, 15) is 14.3 Å². The van der Waals surface area contributed by atoms with Crippen LogP contribution in [-0.4, -0.2) is 23.7 Å². The third kappa shape index (κ3) is 4.84. The second-order valence-electron chi connectivity index (χ2n) is 5.12. The second kappa shape index (κ2) is 8.33. The maximum absolute atomic E-state index is 12.8. The van der Waals surface area contributed by atoms with Crippen molar-refractivity contribution in [3.8, 4) is 5.75 Å². The summed E-state index contributed by atoms with van der Waals surface area (Å²) in [5.74, 6) is -0.520. The number of hydrogen-bond donors (Lipinski definition) is 2. The Morgan fingerprint density at radius 2 is 1.92 bits per heavy atom. The molecule has 2 atom stereocenters. The molecule has 0 aliphatic rings. The minimum Gasteiger partial charge on any atom is -0.479 e. The van der Waals surface area contributed by atoms with Gasteiger partial charge in [-0.2, -0.15) is 0 Å². The van der Waals surface area contributed by atoms with E-state index in [1.165, 1.54) is 24.3 Å². The first-order valence-electron chi connectivity index (χ1n) is 7.20. The molecular weight excluding hydrogens is 356 g/mol. The number of halogens is 3. The van der Waals surface area contributed by atoms with Gasteiger partial charge in [-0.15, -0.1) is 0 Å². The molecule has 0 heterocycles. The fourth-order valence-corrected chi connectivity index (χ4v) is 2.30. The van der Waals surface area contributed by atoms with Gasteiger partial charge in [0.2, 0.25) is 0 Å². The topological polar surface area (TPSA) is 58.6 Å². The van der Waals surface area contributed by atoms with Gasteiger partial charge in [0.25, 0.3) is 5.91 Å². The van der Waals surface area contributed by atoms with Crippen molar-refractivity contribution in [2.45, 2.75) is 19.1 Å². The molecular formula is C17H16Cl2FNO3. The first kappa shape index (κ1) is 18.5. The summed E-state index contributed by atoms with van der Waals surface area (Å²) in [7, 11) is 0. The molecule has 7 heteroatoms. The summed E-state index contributed by atoms with van der Waals surface area (Å²) in [5.41, 5.74) is 0.503. The van der Waals surface area contributed by atoms with Gasteiger partial charge < -0.3 is 15.2 Å². The standard InChI is InChI=1S/C17H16Cl2FNO3/c1-10(24-15-4-2-3-13(18)16(15)19)17(23)21-9-14(22)11-5-7-12(20)8-6-11/h2-8,10,14,22H,9H2,1H3,(H,21,23). The molecule has 128 valence electrons. The smallest absolute Gasteiger partial charge is 0.260 e. The third-order valence-corrected chi connectivity index (χ3v) is 4.12. The predicted molar refractivity (Wildman–Crippen MR) is 90.9 cm³/mol. The number of carbonyl (C=O) groups excluding carboxylic acids is 1. The van der Waals surface area contributed by atoms with Crippen LogP contribution in [0.15, 0.2) is 42.5 Å². The van der Waals surface area contributed by atoms with E-state index in [2.05, 4.69) is 5.32 Å². The van der Waals surface area contributed by atoms with Crippen LogP contribution in [0.1, 0.15) is 18.6 Å². The lowest BCUT2D eigenvalue weighted by Gasteiger charge is -2.17. The zero-order chi connectivity index (χ0) is 17.7. The molecule has 0 saturated heterocycles. The van der Waals surface area contributed by atoms with Gasteiger partial charge >= 0.3 is 0 Å². The number of benzene rings is 2. The molecule has 0 aliphatic heterocycles. The third-order valence-electron chi connectivity index (χ3n) is 3.31. The Labute approximate surface area is 149 Å². The van der Waals surface area contributed by atoms with Crippen molar-refractivity contribution in [3.05, 3.63) is 63.9 Å². The van der Waals surface area contributed by atoms with Crippen LogP contribution in [0.4, 0.5) is 4.39 Å². The molecule has 4 nitrogen and oxygen atoms in total. The maximum atomic E-state index is 12.8. The Balaban J connectivity index is 1.89. The van der Waals surface area contributed by atoms with Gasteiger partial charge in [-0.3, -0.25) is 4.79 Å². The zero-order valence-corrected chi connectivity index (χ0v) is 14.3. The molecule has 1 amide bonds. The Morgan fingerprint density at radius 3 is 2.58 bits per heavy atom. The van der Waals surface area contributed by atoms with Crippen LogP contribution >= 0.6 is 23.2 Å². The van der Waals surface area contributed by atoms with Crippen LogP contribution in [0.3, 0.4) is 0 Å². The first-order chi connectivity index (χ1) is 11.4. The number of hydrogen-bond acceptors (Lipinski definition) is 3. The number of carbonyl (C=O) groups is 1. The van der Waals surface area contributed by atoms with E-state index in [1.807, 2.05) is 0 Å². The molecule has 2 unspecified atom stereocenters. The minimum atomic E-state index is -0.948. The maximum Gasteiger partial charge on any atom is 0.260 e. The second-order valence-corrected chi connectivity index (χ2v) is 5.91. The molecule has 0 fully saturated rings.